The van der Waals surface area contributed by atoms with Crippen LogP contribution in [0, 0.1) is 0 Å². The second-order valence-corrected chi connectivity index (χ2v) is 34.3. The highest BCUT2D eigenvalue weighted by atomic mass is 16.3. The van der Waals surface area contributed by atoms with E-state index in [-0.39, 0.29) is 17.5 Å². The van der Waals surface area contributed by atoms with E-state index in [9.17, 15) is 0 Å². The van der Waals surface area contributed by atoms with Crippen molar-refractivity contribution in [3.8, 4) is 112 Å². The van der Waals surface area contributed by atoms with Gasteiger partial charge >= 0.3 is 0 Å². The molecule has 2 aliphatic rings. The Hall–Kier alpha value is -14.7. The van der Waals surface area contributed by atoms with Crippen molar-refractivity contribution in [1.82, 2.24) is 9.13 Å². The van der Waals surface area contributed by atoms with Gasteiger partial charge in [-0.05, 0) is 173 Å². The Balaban J connectivity index is 0.954. The zero-order valence-corrected chi connectivity index (χ0v) is 68.0. The van der Waals surface area contributed by atoms with Crippen LogP contribution in [0.25, 0.3) is 156 Å². The van der Waals surface area contributed by atoms with Crippen LogP contribution in [-0.2, 0) is 10.8 Å². The summed E-state index contributed by atoms with van der Waals surface area (Å²) in [6.07, 6.45) is 0. The minimum absolute atomic E-state index is 0.258. The number of benzene rings is 17. The highest BCUT2D eigenvalue weighted by Crippen LogP contribution is 2.57. The van der Waals surface area contributed by atoms with Gasteiger partial charge in [0.05, 0.1) is 34.2 Å². The van der Waals surface area contributed by atoms with E-state index in [0.29, 0.717) is 0 Å². The highest BCUT2D eigenvalue weighted by Gasteiger charge is 2.47. The number of nitrogens with zero attached hydrogens (tertiary/aromatic N) is 4. The molecule has 5 nitrogen and oxygen atoms in total. The number of para-hydroxylation sites is 1. The van der Waals surface area contributed by atoms with Gasteiger partial charge in [0, 0.05) is 88.7 Å². The lowest BCUT2D eigenvalue weighted by atomic mass is 9.33. The summed E-state index contributed by atoms with van der Waals surface area (Å²) in [6, 6.07) is 153. The fraction of sp³-hybridized carbons (Fsp3) is 0.0702. The summed E-state index contributed by atoms with van der Waals surface area (Å²) in [4.78, 5) is 5.46. The summed E-state index contributed by atoms with van der Waals surface area (Å²) in [6.45, 7) is 13.8. The summed E-state index contributed by atoms with van der Waals surface area (Å²) in [5, 5.41) is 6.83. The van der Waals surface area contributed by atoms with E-state index < -0.39 is 0 Å². The van der Waals surface area contributed by atoms with E-state index in [1.165, 1.54) is 49.1 Å². The Bertz CT molecular complexity index is 6730. The smallest absolute Gasteiger partial charge is 0.252 e. The number of furan rings is 1. The normalized spacial score (nSPS) is 12.5. The molecule has 3 aromatic heterocycles. The lowest BCUT2D eigenvalue weighted by Crippen LogP contribution is -2.61. The van der Waals surface area contributed by atoms with Gasteiger partial charge in [0.25, 0.3) is 6.71 Å². The molecule has 0 saturated heterocycles. The van der Waals surface area contributed by atoms with Gasteiger partial charge < -0.3 is 23.4 Å². The van der Waals surface area contributed by atoms with Crippen molar-refractivity contribution in [2.75, 3.05) is 9.80 Å². The maximum absolute atomic E-state index is 6.78. The molecule has 0 aliphatic carbocycles. The van der Waals surface area contributed by atoms with Crippen molar-refractivity contribution < 1.29 is 4.42 Å². The minimum Gasteiger partial charge on any atom is -0.456 e. The molecule has 120 heavy (non-hydrogen) atoms. The lowest BCUT2D eigenvalue weighted by Gasteiger charge is -2.46. The molecule has 20 aromatic rings. The average Bonchev–Trinajstić information content (AvgIpc) is 0.769. The molecule has 0 amide bonds. The molecule has 0 unspecified atom stereocenters. The van der Waals surface area contributed by atoms with Gasteiger partial charge in [0.15, 0.2) is 0 Å². The number of fused-ring (bicyclic) bond motifs is 9. The number of rotatable bonds is 13. The van der Waals surface area contributed by atoms with E-state index >= 15 is 0 Å². The van der Waals surface area contributed by atoms with Crippen LogP contribution in [0.15, 0.2) is 411 Å². The van der Waals surface area contributed by atoms with E-state index in [0.717, 1.165) is 168 Å². The first-order valence-corrected chi connectivity index (χ1v) is 41.9. The van der Waals surface area contributed by atoms with Crippen LogP contribution in [0.1, 0.15) is 52.7 Å². The van der Waals surface area contributed by atoms with Gasteiger partial charge in [-0.25, -0.2) is 0 Å². The second-order valence-electron chi connectivity index (χ2n) is 34.3. The molecule has 2 aliphatic heterocycles. The van der Waals surface area contributed by atoms with Crippen LogP contribution >= 0.6 is 0 Å². The Labute approximate surface area is 701 Å². The van der Waals surface area contributed by atoms with Gasteiger partial charge in [0.2, 0.25) is 0 Å². The lowest BCUT2D eigenvalue weighted by molar-refractivity contribution is 0.590. The molecule has 5 heterocycles. The van der Waals surface area contributed by atoms with Crippen molar-refractivity contribution in [2.45, 2.75) is 52.4 Å². The Morgan fingerprint density at radius 2 is 0.517 bits per heavy atom. The van der Waals surface area contributed by atoms with Crippen molar-refractivity contribution in [3.05, 3.63) is 418 Å². The second kappa shape index (κ2) is 28.6. The van der Waals surface area contributed by atoms with Crippen LogP contribution in [0.2, 0.25) is 0 Å². The van der Waals surface area contributed by atoms with E-state index in [1.807, 2.05) is 0 Å². The standard InChI is InChI=1S/C114H85BN4O/c1-113(2,3)84-68-93(74-37-15-7-16-38-74)111(94(69-84)75-39-17-8-18-40-75)118-100-72-86(116-107(78-45-23-11-24-46-78)89-54-31-32-55-90(89)108(116)79-47-25-12-26-48-79)60-62-98(100)115-99-63-61-87(117-109(80-49-27-13-28-50-80)91-56-33-34-57-92(91)110(117)81-51-29-14-30-52-81)73-101(99)119(103-67-83(66-102(118)106(103)115)82-59-64-105-97(65-82)88-53-35-36-58-104(88)120-105)112-95(76-41-19-9-20-42-76)70-85(114(4,5)6)71-96(112)77-43-21-10-22-44-77/h7-73H,1-6H3. The predicted octanol–water partition coefficient (Wildman–Crippen LogP) is 29.2. The summed E-state index contributed by atoms with van der Waals surface area (Å²) in [7, 11) is 0. The third kappa shape index (κ3) is 11.9. The van der Waals surface area contributed by atoms with Crippen LogP contribution in [-0.4, -0.2) is 15.8 Å². The van der Waals surface area contributed by atoms with Crippen molar-refractivity contribution in [3.63, 3.8) is 0 Å². The highest BCUT2D eigenvalue weighted by molar-refractivity contribution is 7.00. The fourth-order valence-electron chi connectivity index (χ4n) is 19.3. The number of hydrogen-bond donors (Lipinski definition) is 0. The van der Waals surface area contributed by atoms with Gasteiger partial charge in [-0.1, -0.05) is 369 Å². The summed E-state index contributed by atoms with van der Waals surface area (Å²) < 4.78 is 11.9. The van der Waals surface area contributed by atoms with Crippen molar-refractivity contribution >= 4 is 101 Å². The molecule has 6 heteroatoms. The van der Waals surface area contributed by atoms with Crippen LogP contribution in [0.3, 0.4) is 0 Å². The predicted molar refractivity (Wildman–Crippen MR) is 508 cm³/mol. The monoisotopic (exact) mass is 1540 g/mol. The minimum atomic E-state index is -0.370. The third-order valence-electron chi connectivity index (χ3n) is 25.0. The summed E-state index contributed by atoms with van der Waals surface area (Å²) in [5.74, 6) is 0. The van der Waals surface area contributed by atoms with Crippen molar-refractivity contribution in [2.24, 2.45) is 0 Å². The molecule has 0 spiro atoms. The van der Waals surface area contributed by atoms with Crippen LogP contribution in [0.4, 0.5) is 34.1 Å². The Kier molecular flexibility index (Phi) is 17.1. The number of hydrogen-bond acceptors (Lipinski definition) is 3. The van der Waals surface area contributed by atoms with Gasteiger partial charge in [-0.15, -0.1) is 0 Å². The molecule has 17 aromatic carbocycles. The topological polar surface area (TPSA) is 29.5 Å². The zero-order chi connectivity index (χ0) is 80.5. The first-order valence-electron chi connectivity index (χ1n) is 41.9. The Morgan fingerprint density at radius 1 is 0.225 bits per heavy atom. The molecule has 0 fully saturated rings. The van der Waals surface area contributed by atoms with Crippen LogP contribution < -0.4 is 26.2 Å². The largest absolute Gasteiger partial charge is 0.456 e. The van der Waals surface area contributed by atoms with E-state index in [1.54, 1.807) is 0 Å². The molecular formula is C114H85BN4O. The average molecular weight is 1540 g/mol. The Morgan fingerprint density at radius 3 is 0.842 bits per heavy atom. The molecule has 0 saturated carbocycles. The first-order chi connectivity index (χ1) is 58.8. The molecule has 570 valence electrons. The van der Waals surface area contributed by atoms with Gasteiger partial charge in [0.1, 0.15) is 11.2 Å². The fourth-order valence-corrected chi connectivity index (χ4v) is 19.3. The SMILES string of the molecule is CC(C)(C)c1cc(-c2ccccc2)c(N2c3cc(-n4c(-c5ccccc5)c5ccccc5c4-c4ccccc4)ccc3B3c4ccc(-n5c(-c6ccccc6)c6ccccc6c5-c5ccccc5)cc4N(c4c(-c5ccccc5)cc(C(C)(C)C)cc4-c4ccccc4)c4cc(-c5ccc6oc7ccccc7c6c5)cc2c43)c(-c2ccccc2)c1. The van der Waals surface area contributed by atoms with Crippen LogP contribution in [0.5, 0.6) is 0 Å². The van der Waals surface area contributed by atoms with Crippen molar-refractivity contribution in [1.29, 1.82) is 0 Å². The molecular weight excluding hydrogens is 1450 g/mol. The molecule has 0 atom stereocenters. The molecule has 22 rings (SSSR count). The molecule has 0 bridgehead atoms. The summed E-state index contributed by atoms with van der Waals surface area (Å²) >= 11 is 0. The zero-order valence-electron chi connectivity index (χ0n) is 68.0. The maximum atomic E-state index is 6.78. The molecule has 0 radical (unpaired) electrons. The number of anilines is 6. The number of aromatic nitrogens is 2. The van der Waals surface area contributed by atoms with Gasteiger partial charge in [-0.3, -0.25) is 0 Å². The summed E-state index contributed by atoms with van der Waals surface area (Å²) in [5.41, 5.74) is 35.8. The first kappa shape index (κ1) is 71.8. The van der Waals surface area contributed by atoms with E-state index in [4.69, 9.17) is 4.42 Å². The van der Waals surface area contributed by atoms with Gasteiger partial charge in [-0.2, -0.15) is 0 Å². The third-order valence-corrected chi connectivity index (χ3v) is 25.0. The molecule has 0 N–H and O–H groups in total. The maximum Gasteiger partial charge on any atom is 0.252 e. The quantitative estimate of drug-likeness (QED) is 0.108. The van der Waals surface area contributed by atoms with E-state index in [2.05, 4.69) is 467 Å².